The number of rotatable bonds is 4. The van der Waals surface area contributed by atoms with E-state index in [0.29, 0.717) is 5.02 Å². The largest absolute Gasteiger partial charge is 0.489 e. The zero-order chi connectivity index (χ0) is 12.2. The minimum absolute atomic E-state index is 0.117. The summed E-state index contributed by atoms with van der Waals surface area (Å²) < 4.78 is 5.74. The van der Waals surface area contributed by atoms with Crippen LogP contribution in [-0.4, -0.2) is 18.2 Å². The Labute approximate surface area is 103 Å². The van der Waals surface area contributed by atoms with E-state index in [1.165, 1.54) is 0 Å². The van der Waals surface area contributed by atoms with Crippen LogP contribution >= 0.6 is 11.6 Å². The maximum atomic E-state index is 5.88. The standard InChI is InChI=1S/C13H20ClNO/c1-10(9-15-13(2,3)4)16-12-7-5-6-11(14)8-12/h5-8,10,15H,9H2,1-4H3. The van der Waals surface area contributed by atoms with Crippen LogP contribution in [0.5, 0.6) is 5.75 Å². The van der Waals surface area contributed by atoms with Gasteiger partial charge in [0.15, 0.2) is 0 Å². The summed E-state index contributed by atoms with van der Waals surface area (Å²) in [5.41, 5.74) is 0.117. The lowest BCUT2D eigenvalue weighted by atomic mass is 10.1. The molecule has 0 aliphatic carbocycles. The molecular weight excluding hydrogens is 222 g/mol. The third kappa shape index (κ3) is 5.38. The van der Waals surface area contributed by atoms with E-state index in [0.717, 1.165) is 12.3 Å². The number of hydrogen-bond acceptors (Lipinski definition) is 2. The summed E-state index contributed by atoms with van der Waals surface area (Å²) in [6.07, 6.45) is 0.123. The van der Waals surface area contributed by atoms with Gasteiger partial charge in [0.05, 0.1) is 0 Å². The molecule has 0 radical (unpaired) electrons. The van der Waals surface area contributed by atoms with Crippen molar-refractivity contribution in [2.75, 3.05) is 6.54 Å². The van der Waals surface area contributed by atoms with Gasteiger partial charge in [-0.2, -0.15) is 0 Å². The first kappa shape index (κ1) is 13.3. The summed E-state index contributed by atoms with van der Waals surface area (Å²) in [4.78, 5) is 0. The van der Waals surface area contributed by atoms with Crippen molar-refractivity contribution >= 4 is 11.6 Å². The van der Waals surface area contributed by atoms with Crippen molar-refractivity contribution in [1.82, 2.24) is 5.32 Å². The third-order valence-corrected chi connectivity index (χ3v) is 2.29. The van der Waals surface area contributed by atoms with E-state index in [4.69, 9.17) is 16.3 Å². The first-order valence-corrected chi connectivity index (χ1v) is 5.92. The van der Waals surface area contributed by atoms with Gasteiger partial charge in [-0.05, 0) is 45.9 Å². The minimum Gasteiger partial charge on any atom is -0.489 e. The highest BCUT2D eigenvalue weighted by atomic mass is 35.5. The number of halogens is 1. The Balaban J connectivity index is 2.43. The van der Waals surface area contributed by atoms with E-state index in [1.54, 1.807) is 0 Å². The molecule has 3 heteroatoms. The summed E-state index contributed by atoms with van der Waals surface area (Å²) in [6, 6.07) is 7.47. The van der Waals surface area contributed by atoms with Crippen LogP contribution in [0.15, 0.2) is 24.3 Å². The Morgan fingerprint density at radius 1 is 1.38 bits per heavy atom. The van der Waals surface area contributed by atoms with Crippen LogP contribution in [0.3, 0.4) is 0 Å². The molecule has 0 fully saturated rings. The van der Waals surface area contributed by atoms with Crippen LogP contribution in [0.1, 0.15) is 27.7 Å². The smallest absolute Gasteiger partial charge is 0.121 e. The maximum absolute atomic E-state index is 5.88. The molecule has 0 amide bonds. The number of benzene rings is 1. The molecule has 0 aromatic heterocycles. The highest BCUT2D eigenvalue weighted by Crippen LogP contribution is 2.18. The Bertz CT molecular complexity index is 333. The monoisotopic (exact) mass is 241 g/mol. The van der Waals surface area contributed by atoms with E-state index in [-0.39, 0.29) is 11.6 Å². The van der Waals surface area contributed by atoms with Gasteiger partial charge >= 0.3 is 0 Å². The molecular formula is C13H20ClNO. The minimum atomic E-state index is 0.117. The van der Waals surface area contributed by atoms with Crippen LogP contribution < -0.4 is 10.1 Å². The van der Waals surface area contributed by atoms with Crippen molar-refractivity contribution in [2.24, 2.45) is 0 Å². The Morgan fingerprint density at radius 3 is 2.62 bits per heavy atom. The Hall–Kier alpha value is -0.730. The SMILES string of the molecule is CC(CNC(C)(C)C)Oc1cccc(Cl)c1. The predicted molar refractivity (Wildman–Crippen MR) is 69.3 cm³/mol. The first-order chi connectivity index (χ1) is 7.37. The molecule has 1 aromatic rings. The summed E-state index contributed by atoms with van der Waals surface area (Å²) in [5.74, 6) is 0.815. The molecule has 2 nitrogen and oxygen atoms in total. The molecule has 1 N–H and O–H groups in total. The molecule has 16 heavy (non-hydrogen) atoms. The van der Waals surface area contributed by atoms with Crippen molar-refractivity contribution in [2.45, 2.75) is 39.3 Å². The van der Waals surface area contributed by atoms with Crippen molar-refractivity contribution in [1.29, 1.82) is 0 Å². The van der Waals surface area contributed by atoms with Crippen molar-refractivity contribution in [3.05, 3.63) is 29.3 Å². The van der Waals surface area contributed by atoms with Gasteiger partial charge < -0.3 is 10.1 Å². The number of ether oxygens (including phenoxy) is 1. The molecule has 1 atom stereocenters. The second-order valence-electron chi connectivity index (χ2n) is 5.02. The average Bonchev–Trinajstić information content (AvgIpc) is 2.14. The van der Waals surface area contributed by atoms with Gasteiger partial charge in [-0.1, -0.05) is 17.7 Å². The number of hydrogen-bond donors (Lipinski definition) is 1. The van der Waals surface area contributed by atoms with Gasteiger partial charge in [0.25, 0.3) is 0 Å². The topological polar surface area (TPSA) is 21.3 Å². The first-order valence-electron chi connectivity index (χ1n) is 5.54. The summed E-state index contributed by atoms with van der Waals surface area (Å²) in [7, 11) is 0. The van der Waals surface area contributed by atoms with Gasteiger partial charge in [-0.15, -0.1) is 0 Å². The number of nitrogens with one attached hydrogen (secondary N) is 1. The molecule has 0 spiro atoms. The quantitative estimate of drug-likeness (QED) is 0.871. The fraction of sp³-hybridized carbons (Fsp3) is 0.538. The molecule has 0 saturated heterocycles. The fourth-order valence-electron chi connectivity index (χ4n) is 1.26. The van der Waals surface area contributed by atoms with Crippen LogP contribution in [0.4, 0.5) is 0 Å². The van der Waals surface area contributed by atoms with Gasteiger partial charge in [0, 0.05) is 17.1 Å². The second-order valence-corrected chi connectivity index (χ2v) is 5.45. The highest BCUT2D eigenvalue weighted by Gasteiger charge is 2.11. The van der Waals surface area contributed by atoms with Gasteiger partial charge in [0.1, 0.15) is 11.9 Å². The Morgan fingerprint density at radius 2 is 2.06 bits per heavy atom. The van der Waals surface area contributed by atoms with Crippen molar-refractivity contribution < 1.29 is 4.74 Å². The van der Waals surface area contributed by atoms with Crippen molar-refractivity contribution in [3.8, 4) is 5.75 Å². The molecule has 1 rings (SSSR count). The molecule has 90 valence electrons. The van der Waals surface area contributed by atoms with E-state index < -0.39 is 0 Å². The molecule has 0 saturated carbocycles. The molecule has 1 aromatic carbocycles. The van der Waals surface area contributed by atoms with Crippen molar-refractivity contribution in [3.63, 3.8) is 0 Å². The summed E-state index contributed by atoms with van der Waals surface area (Å²) in [6.45, 7) is 9.27. The molecule has 0 aliphatic heterocycles. The fourth-order valence-corrected chi connectivity index (χ4v) is 1.44. The van der Waals surface area contributed by atoms with Gasteiger partial charge in [-0.25, -0.2) is 0 Å². The summed E-state index contributed by atoms with van der Waals surface area (Å²) >= 11 is 5.88. The zero-order valence-corrected chi connectivity index (χ0v) is 11.1. The molecule has 0 heterocycles. The van der Waals surface area contributed by atoms with E-state index in [9.17, 15) is 0 Å². The Kier molecular flexibility index (Phi) is 4.63. The van der Waals surface area contributed by atoms with Gasteiger partial charge in [0.2, 0.25) is 0 Å². The predicted octanol–water partition coefficient (Wildman–Crippen LogP) is 3.50. The van der Waals surface area contributed by atoms with E-state index in [2.05, 4.69) is 26.1 Å². The van der Waals surface area contributed by atoms with Crippen LogP contribution in [-0.2, 0) is 0 Å². The van der Waals surface area contributed by atoms with Crippen LogP contribution in [0, 0.1) is 0 Å². The highest BCUT2D eigenvalue weighted by molar-refractivity contribution is 6.30. The van der Waals surface area contributed by atoms with Crippen LogP contribution in [0.2, 0.25) is 5.02 Å². The molecule has 0 aliphatic rings. The van der Waals surface area contributed by atoms with E-state index in [1.807, 2.05) is 31.2 Å². The average molecular weight is 242 g/mol. The second kappa shape index (κ2) is 5.55. The normalized spacial score (nSPS) is 13.6. The molecule has 0 bridgehead atoms. The van der Waals surface area contributed by atoms with Gasteiger partial charge in [-0.3, -0.25) is 0 Å². The third-order valence-electron chi connectivity index (χ3n) is 2.05. The van der Waals surface area contributed by atoms with Crippen LogP contribution in [0.25, 0.3) is 0 Å². The summed E-state index contributed by atoms with van der Waals surface area (Å²) in [5, 5.41) is 4.10. The lowest BCUT2D eigenvalue weighted by Crippen LogP contribution is -2.41. The lowest BCUT2D eigenvalue weighted by molar-refractivity contribution is 0.203. The molecule has 1 unspecified atom stereocenters. The lowest BCUT2D eigenvalue weighted by Gasteiger charge is -2.24. The van der Waals surface area contributed by atoms with E-state index >= 15 is 0 Å². The maximum Gasteiger partial charge on any atom is 0.121 e. The zero-order valence-electron chi connectivity index (χ0n) is 10.4.